The standard InChI is InChI=1S/C17H23NO3S/c1-4-12-7-6-8-13(5-2)15(12)18(14(19)11-22-3)17(9-10-17)16(20)21/h6-8H,4-5,9-11H2,1-3H3,(H,20,21). The van der Waals surface area contributed by atoms with Crippen molar-refractivity contribution in [2.45, 2.75) is 45.1 Å². The predicted molar refractivity (Wildman–Crippen MR) is 90.7 cm³/mol. The van der Waals surface area contributed by atoms with Gasteiger partial charge in [0.25, 0.3) is 0 Å². The quantitative estimate of drug-likeness (QED) is 0.838. The lowest BCUT2D eigenvalue weighted by Gasteiger charge is -2.32. The topological polar surface area (TPSA) is 57.6 Å². The fourth-order valence-corrected chi connectivity index (χ4v) is 3.30. The smallest absolute Gasteiger partial charge is 0.330 e. The molecule has 1 fully saturated rings. The van der Waals surface area contributed by atoms with Crippen molar-refractivity contribution in [2.24, 2.45) is 0 Å². The van der Waals surface area contributed by atoms with E-state index < -0.39 is 11.5 Å². The number of hydrogen-bond donors (Lipinski definition) is 1. The molecule has 1 saturated carbocycles. The van der Waals surface area contributed by atoms with Crippen LogP contribution in [-0.4, -0.2) is 34.5 Å². The first-order valence-electron chi connectivity index (χ1n) is 7.68. The van der Waals surface area contributed by atoms with Gasteiger partial charge in [-0.25, -0.2) is 4.79 Å². The number of thioether (sulfide) groups is 1. The maximum absolute atomic E-state index is 12.7. The minimum atomic E-state index is -1.04. The Morgan fingerprint density at radius 1 is 1.23 bits per heavy atom. The summed E-state index contributed by atoms with van der Waals surface area (Å²) in [4.78, 5) is 26.1. The summed E-state index contributed by atoms with van der Waals surface area (Å²) in [5.41, 5.74) is 1.87. The van der Waals surface area contributed by atoms with Crippen LogP contribution in [0.4, 0.5) is 5.69 Å². The van der Waals surface area contributed by atoms with Crippen molar-refractivity contribution in [1.82, 2.24) is 0 Å². The van der Waals surface area contributed by atoms with E-state index in [-0.39, 0.29) is 5.91 Å². The van der Waals surface area contributed by atoms with E-state index in [0.29, 0.717) is 18.6 Å². The minimum absolute atomic E-state index is 0.108. The summed E-state index contributed by atoms with van der Waals surface area (Å²) in [6, 6.07) is 5.97. The highest BCUT2D eigenvalue weighted by atomic mass is 32.2. The SMILES string of the molecule is CCc1cccc(CC)c1N(C(=O)CSC)C1(C(=O)O)CC1. The maximum Gasteiger partial charge on any atom is 0.330 e. The number of aliphatic carboxylic acids is 1. The molecule has 1 aromatic rings. The zero-order chi connectivity index (χ0) is 16.3. The van der Waals surface area contributed by atoms with Crippen LogP contribution >= 0.6 is 11.8 Å². The Morgan fingerprint density at radius 3 is 2.14 bits per heavy atom. The van der Waals surface area contributed by atoms with E-state index >= 15 is 0 Å². The molecule has 0 bridgehead atoms. The second kappa shape index (κ2) is 6.73. The van der Waals surface area contributed by atoms with E-state index in [0.717, 1.165) is 29.7 Å². The first-order valence-corrected chi connectivity index (χ1v) is 9.07. The number of hydrogen-bond acceptors (Lipinski definition) is 3. The minimum Gasteiger partial charge on any atom is -0.479 e. The van der Waals surface area contributed by atoms with Crippen molar-refractivity contribution >= 4 is 29.3 Å². The molecule has 1 N–H and O–H groups in total. The van der Waals surface area contributed by atoms with E-state index in [1.54, 1.807) is 4.90 Å². The second-order valence-electron chi connectivity index (χ2n) is 5.63. The Balaban J connectivity index is 2.60. The molecule has 120 valence electrons. The second-order valence-corrected chi connectivity index (χ2v) is 6.50. The van der Waals surface area contributed by atoms with E-state index in [4.69, 9.17) is 0 Å². The molecule has 1 aliphatic carbocycles. The van der Waals surface area contributed by atoms with Crippen LogP contribution in [0, 0.1) is 0 Å². The van der Waals surface area contributed by atoms with Gasteiger partial charge < -0.3 is 5.11 Å². The molecule has 0 radical (unpaired) electrons. The van der Waals surface area contributed by atoms with Gasteiger partial charge >= 0.3 is 5.97 Å². The molecule has 2 rings (SSSR count). The Labute approximate surface area is 135 Å². The molecular formula is C17H23NO3S. The predicted octanol–water partition coefficient (Wildman–Crippen LogP) is 3.12. The highest BCUT2D eigenvalue weighted by Crippen LogP contribution is 2.47. The summed E-state index contributed by atoms with van der Waals surface area (Å²) in [7, 11) is 0. The van der Waals surface area contributed by atoms with Crippen LogP contribution in [0.5, 0.6) is 0 Å². The molecule has 0 heterocycles. The third-order valence-corrected chi connectivity index (χ3v) is 4.79. The van der Waals surface area contributed by atoms with Crippen molar-refractivity contribution in [3.63, 3.8) is 0 Å². The van der Waals surface area contributed by atoms with Gasteiger partial charge in [-0.3, -0.25) is 9.69 Å². The van der Waals surface area contributed by atoms with Crippen LogP contribution in [0.2, 0.25) is 0 Å². The van der Waals surface area contributed by atoms with Crippen LogP contribution in [0.3, 0.4) is 0 Å². The van der Waals surface area contributed by atoms with E-state index in [9.17, 15) is 14.7 Å². The van der Waals surface area contributed by atoms with Crippen molar-refractivity contribution in [2.75, 3.05) is 16.9 Å². The molecule has 1 amide bonds. The van der Waals surface area contributed by atoms with Crippen molar-refractivity contribution < 1.29 is 14.7 Å². The molecule has 0 unspecified atom stereocenters. The number of amides is 1. The largest absolute Gasteiger partial charge is 0.479 e. The lowest BCUT2D eigenvalue weighted by Crippen LogP contribution is -2.49. The van der Waals surface area contributed by atoms with Crippen molar-refractivity contribution in [3.8, 4) is 0 Å². The number of carbonyl (C=O) groups is 2. The van der Waals surface area contributed by atoms with Crippen molar-refractivity contribution in [1.29, 1.82) is 0 Å². The van der Waals surface area contributed by atoms with Gasteiger partial charge in [0.1, 0.15) is 5.54 Å². The van der Waals surface area contributed by atoms with Crippen LogP contribution in [0.1, 0.15) is 37.8 Å². The molecule has 1 aliphatic rings. The van der Waals surface area contributed by atoms with E-state index in [1.807, 2.05) is 38.3 Å². The lowest BCUT2D eigenvalue weighted by molar-refractivity contribution is -0.141. The van der Waals surface area contributed by atoms with E-state index in [1.165, 1.54) is 11.8 Å². The molecule has 0 spiro atoms. The summed E-state index contributed by atoms with van der Waals surface area (Å²) in [5.74, 6) is -0.700. The first kappa shape index (κ1) is 16.9. The zero-order valence-electron chi connectivity index (χ0n) is 13.4. The Kier molecular flexibility index (Phi) is 5.16. The van der Waals surface area contributed by atoms with Crippen LogP contribution in [0.15, 0.2) is 18.2 Å². The normalized spacial score (nSPS) is 15.4. The molecule has 0 atom stereocenters. The van der Waals surface area contributed by atoms with Gasteiger partial charge in [0, 0.05) is 0 Å². The molecule has 0 saturated heterocycles. The molecule has 4 nitrogen and oxygen atoms in total. The maximum atomic E-state index is 12.7. The third-order valence-electron chi connectivity index (χ3n) is 4.26. The summed E-state index contributed by atoms with van der Waals surface area (Å²) >= 11 is 1.43. The number of carbonyl (C=O) groups excluding carboxylic acids is 1. The molecule has 5 heteroatoms. The monoisotopic (exact) mass is 321 g/mol. The van der Waals surface area contributed by atoms with Gasteiger partial charge in [0.05, 0.1) is 11.4 Å². The van der Waals surface area contributed by atoms with Crippen molar-refractivity contribution in [3.05, 3.63) is 29.3 Å². The first-order chi connectivity index (χ1) is 10.5. The number of anilines is 1. The van der Waals surface area contributed by atoms with Gasteiger partial charge in [-0.15, -0.1) is 0 Å². The summed E-state index contributed by atoms with van der Waals surface area (Å²) < 4.78 is 0. The summed E-state index contributed by atoms with van der Waals surface area (Å²) in [5, 5.41) is 9.68. The molecule has 0 aromatic heterocycles. The van der Waals surface area contributed by atoms with Crippen LogP contribution in [0.25, 0.3) is 0 Å². The van der Waals surface area contributed by atoms with Gasteiger partial charge in [-0.1, -0.05) is 32.0 Å². The number of carboxylic acids is 1. The number of rotatable bonds is 7. The zero-order valence-corrected chi connectivity index (χ0v) is 14.2. The number of carboxylic acid groups (broad SMARTS) is 1. The number of aryl methyl sites for hydroxylation is 2. The summed E-state index contributed by atoms with van der Waals surface area (Å²) in [6.07, 6.45) is 4.49. The average molecular weight is 321 g/mol. The molecule has 0 aliphatic heterocycles. The Hall–Kier alpha value is -1.49. The highest BCUT2D eigenvalue weighted by molar-refractivity contribution is 7.99. The fourth-order valence-electron chi connectivity index (χ4n) is 2.92. The molecular weight excluding hydrogens is 298 g/mol. The van der Waals surface area contributed by atoms with Crippen LogP contribution in [-0.2, 0) is 22.4 Å². The molecule has 22 heavy (non-hydrogen) atoms. The van der Waals surface area contributed by atoms with Gasteiger partial charge in [-0.2, -0.15) is 11.8 Å². The Bertz CT molecular complexity index is 559. The fraction of sp³-hybridized carbons (Fsp3) is 0.529. The highest BCUT2D eigenvalue weighted by Gasteiger charge is 2.58. The van der Waals surface area contributed by atoms with Crippen LogP contribution < -0.4 is 4.90 Å². The van der Waals surface area contributed by atoms with Gasteiger partial charge in [0.2, 0.25) is 5.91 Å². The average Bonchev–Trinajstić information content (AvgIpc) is 3.29. The van der Waals surface area contributed by atoms with E-state index in [2.05, 4.69) is 0 Å². The number of benzene rings is 1. The van der Waals surface area contributed by atoms with Gasteiger partial charge in [0.15, 0.2) is 0 Å². The third kappa shape index (κ3) is 2.86. The number of nitrogens with zero attached hydrogens (tertiary/aromatic N) is 1. The summed E-state index contributed by atoms with van der Waals surface area (Å²) in [6.45, 7) is 4.08. The Morgan fingerprint density at radius 2 is 1.77 bits per heavy atom. The van der Waals surface area contributed by atoms with Gasteiger partial charge in [-0.05, 0) is 43.1 Å². The molecule has 1 aromatic carbocycles. The lowest BCUT2D eigenvalue weighted by atomic mass is 9.99. The number of para-hydroxylation sites is 1.